The zero-order valence-electron chi connectivity index (χ0n) is 16.5. The van der Waals surface area contributed by atoms with E-state index in [1.54, 1.807) is 11.1 Å². The molecular weight excluding hydrogens is 330 g/mol. The van der Waals surface area contributed by atoms with Crippen LogP contribution >= 0.6 is 0 Å². The van der Waals surface area contributed by atoms with Gasteiger partial charge in [-0.15, -0.1) is 0 Å². The average molecular weight is 359 g/mol. The van der Waals surface area contributed by atoms with Crippen molar-refractivity contribution in [2.45, 2.75) is 52.7 Å². The number of hydrogen-bond donors (Lipinski definition) is 1. The Hall–Kier alpha value is -2.11. The molecule has 3 rings (SSSR count). The SMILES string of the molecule is Cc1cccnc1C(C)(C)NC(=O)[C@H]1[C@@H]2CN(C(=O)OC(C)(C)C)C[C@@H]21. The van der Waals surface area contributed by atoms with Crippen molar-refractivity contribution in [3.05, 3.63) is 29.6 Å². The van der Waals surface area contributed by atoms with Crippen LogP contribution in [0.15, 0.2) is 18.3 Å². The van der Waals surface area contributed by atoms with Crippen LogP contribution in [0.3, 0.4) is 0 Å². The highest BCUT2D eigenvalue weighted by Crippen LogP contribution is 2.52. The molecular formula is C20H29N3O3. The van der Waals surface area contributed by atoms with Crippen LogP contribution in [0.25, 0.3) is 0 Å². The van der Waals surface area contributed by atoms with E-state index in [0.717, 1.165) is 11.3 Å². The first-order chi connectivity index (χ1) is 12.0. The average Bonchev–Trinajstić information content (AvgIpc) is 3.00. The van der Waals surface area contributed by atoms with Gasteiger partial charge in [0.15, 0.2) is 0 Å². The van der Waals surface area contributed by atoms with Crippen LogP contribution in [0.2, 0.25) is 0 Å². The number of rotatable bonds is 3. The summed E-state index contributed by atoms with van der Waals surface area (Å²) >= 11 is 0. The van der Waals surface area contributed by atoms with E-state index in [9.17, 15) is 9.59 Å². The lowest BCUT2D eigenvalue weighted by Gasteiger charge is -2.28. The molecule has 1 aliphatic heterocycles. The summed E-state index contributed by atoms with van der Waals surface area (Å²) in [4.78, 5) is 31.1. The molecule has 0 unspecified atom stereocenters. The molecule has 6 heteroatoms. The number of carbonyl (C=O) groups excluding carboxylic acids is 2. The van der Waals surface area contributed by atoms with Crippen molar-refractivity contribution in [1.82, 2.24) is 15.2 Å². The van der Waals surface area contributed by atoms with Crippen molar-refractivity contribution in [1.29, 1.82) is 0 Å². The molecule has 1 N–H and O–H groups in total. The number of nitrogens with zero attached hydrogens (tertiary/aromatic N) is 2. The largest absolute Gasteiger partial charge is 0.444 e. The molecule has 142 valence electrons. The van der Waals surface area contributed by atoms with E-state index in [1.807, 2.05) is 53.7 Å². The maximum Gasteiger partial charge on any atom is 0.410 e. The van der Waals surface area contributed by atoms with Crippen molar-refractivity contribution in [3.63, 3.8) is 0 Å². The molecule has 26 heavy (non-hydrogen) atoms. The molecule has 3 atom stereocenters. The molecule has 0 spiro atoms. The van der Waals surface area contributed by atoms with E-state index >= 15 is 0 Å². The number of likely N-dealkylation sites (tertiary alicyclic amines) is 1. The summed E-state index contributed by atoms with van der Waals surface area (Å²) in [6, 6.07) is 3.90. The van der Waals surface area contributed by atoms with E-state index in [0.29, 0.717) is 13.1 Å². The number of nitrogens with one attached hydrogen (secondary N) is 1. The van der Waals surface area contributed by atoms with Gasteiger partial charge in [0.2, 0.25) is 5.91 Å². The molecule has 6 nitrogen and oxygen atoms in total. The van der Waals surface area contributed by atoms with Crippen LogP contribution in [0.4, 0.5) is 4.79 Å². The topological polar surface area (TPSA) is 71.5 Å². The third-order valence-corrected chi connectivity index (χ3v) is 5.19. The van der Waals surface area contributed by atoms with Crippen LogP contribution in [0.1, 0.15) is 45.9 Å². The fourth-order valence-electron chi connectivity index (χ4n) is 3.98. The Bertz CT molecular complexity index is 711. The molecule has 0 radical (unpaired) electrons. The van der Waals surface area contributed by atoms with Crippen molar-refractivity contribution < 1.29 is 14.3 Å². The highest BCUT2D eigenvalue weighted by atomic mass is 16.6. The summed E-state index contributed by atoms with van der Waals surface area (Å²) in [7, 11) is 0. The Morgan fingerprint density at radius 2 is 1.81 bits per heavy atom. The number of piperidine rings is 1. The van der Waals surface area contributed by atoms with Gasteiger partial charge >= 0.3 is 6.09 Å². The highest BCUT2D eigenvalue weighted by molar-refractivity contribution is 5.84. The minimum absolute atomic E-state index is 0.0167. The number of pyridine rings is 1. The Balaban J connectivity index is 1.57. The minimum atomic E-state index is -0.524. The fraction of sp³-hybridized carbons (Fsp3) is 0.650. The van der Waals surface area contributed by atoms with Gasteiger partial charge in [0.05, 0.1) is 11.2 Å². The van der Waals surface area contributed by atoms with Crippen LogP contribution in [0.5, 0.6) is 0 Å². The Labute approximate surface area is 155 Å². The molecule has 0 aromatic carbocycles. The lowest BCUT2D eigenvalue weighted by molar-refractivity contribution is -0.125. The van der Waals surface area contributed by atoms with Crippen molar-refractivity contribution in [2.24, 2.45) is 17.8 Å². The zero-order valence-corrected chi connectivity index (χ0v) is 16.5. The summed E-state index contributed by atoms with van der Waals surface area (Å²) in [5.41, 5.74) is 0.925. The summed E-state index contributed by atoms with van der Waals surface area (Å²) in [5.74, 6) is 0.516. The monoisotopic (exact) mass is 359 g/mol. The van der Waals surface area contributed by atoms with Crippen LogP contribution in [0, 0.1) is 24.7 Å². The summed E-state index contributed by atoms with van der Waals surface area (Å²) < 4.78 is 5.42. The number of ether oxygens (including phenoxy) is 1. The highest BCUT2D eigenvalue weighted by Gasteiger charge is 2.61. The van der Waals surface area contributed by atoms with Crippen molar-refractivity contribution in [2.75, 3.05) is 13.1 Å². The quantitative estimate of drug-likeness (QED) is 0.901. The lowest BCUT2D eigenvalue weighted by Crippen LogP contribution is -2.44. The molecule has 0 bridgehead atoms. The smallest absolute Gasteiger partial charge is 0.410 e. The fourth-order valence-corrected chi connectivity index (χ4v) is 3.98. The number of fused-ring (bicyclic) bond motifs is 1. The minimum Gasteiger partial charge on any atom is -0.444 e. The van der Waals surface area contributed by atoms with Gasteiger partial charge in [-0.2, -0.15) is 0 Å². The molecule has 2 fully saturated rings. The number of carbonyl (C=O) groups is 2. The standard InChI is InChI=1S/C20H29N3O3/c1-12-8-7-9-21-16(12)20(5,6)22-17(24)15-13-10-23(11-14(13)15)18(25)26-19(2,3)4/h7-9,13-15H,10-11H2,1-6H3,(H,22,24)/t13-,14+,15+. The van der Waals surface area contributed by atoms with Gasteiger partial charge in [-0.25, -0.2) is 4.79 Å². The normalized spacial score (nSPS) is 24.8. The molecule has 1 saturated heterocycles. The second-order valence-corrected chi connectivity index (χ2v) is 9.02. The van der Waals surface area contributed by atoms with Gasteiger partial charge < -0.3 is 15.0 Å². The van der Waals surface area contributed by atoms with Gasteiger partial charge in [0.1, 0.15) is 5.60 Å². The molecule has 2 heterocycles. The number of hydrogen-bond acceptors (Lipinski definition) is 4. The van der Waals surface area contributed by atoms with E-state index in [2.05, 4.69) is 10.3 Å². The second-order valence-electron chi connectivity index (χ2n) is 9.02. The van der Waals surface area contributed by atoms with Crippen molar-refractivity contribution >= 4 is 12.0 Å². The second kappa shape index (κ2) is 6.25. The molecule has 1 aromatic heterocycles. The van der Waals surface area contributed by atoms with Gasteiger partial charge in [-0.3, -0.25) is 9.78 Å². The van der Waals surface area contributed by atoms with E-state index in [4.69, 9.17) is 4.74 Å². The van der Waals surface area contributed by atoms with E-state index in [-0.39, 0.29) is 29.8 Å². The van der Waals surface area contributed by atoms with Crippen LogP contribution < -0.4 is 5.32 Å². The third kappa shape index (κ3) is 3.69. The predicted octanol–water partition coefficient (Wildman–Crippen LogP) is 2.85. The first-order valence-electron chi connectivity index (χ1n) is 9.21. The number of aryl methyl sites for hydroxylation is 1. The number of amides is 2. The maximum absolute atomic E-state index is 12.8. The Morgan fingerprint density at radius 3 is 2.35 bits per heavy atom. The summed E-state index contributed by atoms with van der Waals surface area (Å²) in [6.45, 7) is 12.7. The molecule has 2 aliphatic rings. The maximum atomic E-state index is 12.8. The number of aromatic nitrogens is 1. The summed E-state index contributed by atoms with van der Waals surface area (Å²) in [5, 5.41) is 3.15. The predicted molar refractivity (Wildman–Crippen MR) is 98.4 cm³/mol. The van der Waals surface area contributed by atoms with Crippen molar-refractivity contribution in [3.8, 4) is 0 Å². The van der Waals surface area contributed by atoms with Crippen LogP contribution in [-0.2, 0) is 15.1 Å². The molecule has 1 aromatic rings. The first-order valence-corrected chi connectivity index (χ1v) is 9.21. The van der Waals surface area contributed by atoms with E-state index in [1.165, 1.54) is 0 Å². The van der Waals surface area contributed by atoms with Gasteiger partial charge in [0.25, 0.3) is 0 Å². The first kappa shape index (κ1) is 18.7. The van der Waals surface area contributed by atoms with Gasteiger partial charge in [0, 0.05) is 25.2 Å². The molecule has 2 amide bonds. The van der Waals surface area contributed by atoms with E-state index < -0.39 is 11.1 Å². The van der Waals surface area contributed by atoms with Gasteiger partial charge in [-0.1, -0.05) is 6.07 Å². The Morgan fingerprint density at radius 1 is 1.19 bits per heavy atom. The Kier molecular flexibility index (Phi) is 4.49. The third-order valence-electron chi connectivity index (χ3n) is 5.19. The van der Waals surface area contributed by atoms with Gasteiger partial charge in [-0.05, 0) is 65.0 Å². The van der Waals surface area contributed by atoms with Crippen LogP contribution in [-0.4, -0.2) is 40.6 Å². The molecule has 1 aliphatic carbocycles. The summed E-state index contributed by atoms with van der Waals surface area (Å²) in [6.07, 6.45) is 1.47. The zero-order chi connectivity index (χ0) is 19.3. The molecule has 1 saturated carbocycles. The lowest BCUT2D eigenvalue weighted by atomic mass is 9.95.